The van der Waals surface area contributed by atoms with Gasteiger partial charge in [-0.1, -0.05) is 37.3 Å². The van der Waals surface area contributed by atoms with Gasteiger partial charge in [-0.2, -0.15) is 9.78 Å². The van der Waals surface area contributed by atoms with E-state index < -0.39 is 11.4 Å². The number of ether oxygens (including phenoxy) is 1. The highest BCUT2D eigenvalue weighted by Gasteiger charge is 2.29. The molecule has 176 valence electrons. The van der Waals surface area contributed by atoms with Crippen LogP contribution >= 0.6 is 0 Å². The van der Waals surface area contributed by atoms with Crippen molar-refractivity contribution in [1.29, 1.82) is 0 Å². The molecule has 7 nitrogen and oxygen atoms in total. The van der Waals surface area contributed by atoms with Crippen molar-refractivity contribution in [2.24, 2.45) is 0 Å². The zero-order chi connectivity index (χ0) is 23.7. The van der Waals surface area contributed by atoms with Crippen molar-refractivity contribution in [2.75, 3.05) is 31.1 Å². The molecule has 2 heterocycles. The van der Waals surface area contributed by atoms with Crippen LogP contribution in [0.3, 0.4) is 0 Å². The number of nitrogens with zero attached hydrogens (tertiary/aromatic N) is 4. The number of amides is 1. The Morgan fingerprint density at radius 1 is 1.06 bits per heavy atom. The van der Waals surface area contributed by atoms with Gasteiger partial charge in [0.25, 0.3) is 0 Å². The van der Waals surface area contributed by atoms with Crippen molar-refractivity contribution in [2.45, 2.75) is 32.3 Å². The SMILES string of the molecule is CCC(=O)N1CCN(c2cnn(-c3cccc(F)c3)c(=O)c2OC2Cc3ccccc3C2)CC1. The molecule has 3 aromatic rings. The number of hydrogen-bond donors (Lipinski definition) is 0. The Hall–Kier alpha value is -3.68. The normalized spacial score (nSPS) is 15.9. The predicted octanol–water partition coefficient (Wildman–Crippen LogP) is 2.98. The summed E-state index contributed by atoms with van der Waals surface area (Å²) < 4.78 is 21.4. The first-order valence-electron chi connectivity index (χ1n) is 11.7. The van der Waals surface area contributed by atoms with Crippen LogP contribution in [0.5, 0.6) is 5.75 Å². The lowest BCUT2D eigenvalue weighted by Gasteiger charge is -2.36. The minimum absolute atomic E-state index is 0.125. The largest absolute Gasteiger partial charge is 0.482 e. The number of rotatable bonds is 5. The smallest absolute Gasteiger partial charge is 0.316 e. The van der Waals surface area contributed by atoms with Crippen LogP contribution in [0.2, 0.25) is 0 Å². The summed E-state index contributed by atoms with van der Waals surface area (Å²) in [6.07, 6.45) is 3.35. The Balaban J connectivity index is 1.48. The zero-order valence-corrected chi connectivity index (χ0v) is 19.1. The van der Waals surface area contributed by atoms with E-state index in [1.165, 1.54) is 27.9 Å². The highest BCUT2D eigenvalue weighted by Crippen LogP contribution is 2.30. The molecule has 1 aliphatic carbocycles. The summed E-state index contributed by atoms with van der Waals surface area (Å²) in [4.78, 5) is 29.6. The topological polar surface area (TPSA) is 67.7 Å². The Morgan fingerprint density at radius 2 is 1.76 bits per heavy atom. The zero-order valence-electron chi connectivity index (χ0n) is 19.1. The maximum atomic E-state index is 13.9. The molecule has 1 aromatic heterocycles. The molecule has 2 aromatic carbocycles. The quantitative estimate of drug-likeness (QED) is 0.583. The van der Waals surface area contributed by atoms with Crippen LogP contribution < -0.4 is 15.2 Å². The number of benzene rings is 2. The summed E-state index contributed by atoms with van der Waals surface area (Å²) in [5.41, 5.74) is 2.97. The third-order valence-corrected chi connectivity index (χ3v) is 6.54. The summed E-state index contributed by atoms with van der Waals surface area (Å²) in [6.45, 7) is 4.17. The van der Waals surface area contributed by atoms with E-state index in [-0.39, 0.29) is 17.8 Å². The van der Waals surface area contributed by atoms with Crippen LogP contribution in [0.4, 0.5) is 10.1 Å². The minimum atomic E-state index is -0.444. The van der Waals surface area contributed by atoms with Gasteiger partial charge in [0, 0.05) is 45.4 Å². The van der Waals surface area contributed by atoms with Gasteiger partial charge in [0.2, 0.25) is 11.7 Å². The number of carbonyl (C=O) groups is 1. The van der Waals surface area contributed by atoms with Crippen molar-refractivity contribution in [3.8, 4) is 11.4 Å². The molecule has 0 N–H and O–H groups in total. The molecule has 0 saturated carbocycles. The van der Waals surface area contributed by atoms with Crippen LogP contribution in [0, 0.1) is 5.82 Å². The monoisotopic (exact) mass is 462 g/mol. The van der Waals surface area contributed by atoms with Crippen LogP contribution in [0.1, 0.15) is 24.5 Å². The molecular formula is C26H27FN4O3. The van der Waals surface area contributed by atoms with Crippen LogP contribution in [0.15, 0.2) is 59.5 Å². The first-order valence-corrected chi connectivity index (χ1v) is 11.7. The van der Waals surface area contributed by atoms with E-state index in [1.54, 1.807) is 18.3 Å². The van der Waals surface area contributed by atoms with E-state index in [0.29, 0.717) is 44.0 Å². The van der Waals surface area contributed by atoms with E-state index in [4.69, 9.17) is 4.74 Å². The van der Waals surface area contributed by atoms with Gasteiger partial charge in [-0.25, -0.2) is 4.39 Å². The number of halogens is 1. The lowest BCUT2D eigenvalue weighted by Crippen LogP contribution is -2.49. The first-order chi connectivity index (χ1) is 16.5. The van der Waals surface area contributed by atoms with Gasteiger partial charge in [0.05, 0.1) is 11.9 Å². The molecule has 5 rings (SSSR count). The van der Waals surface area contributed by atoms with Gasteiger partial charge in [-0.15, -0.1) is 0 Å². The van der Waals surface area contributed by atoms with E-state index in [0.717, 1.165) is 12.8 Å². The number of carbonyl (C=O) groups excluding carboxylic acids is 1. The first kappa shape index (κ1) is 22.1. The van der Waals surface area contributed by atoms with Crippen molar-refractivity contribution >= 4 is 11.6 Å². The number of fused-ring (bicyclic) bond motifs is 1. The van der Waals surface area contributed by atoms with Crippen molar-refractivity contribution < 1.29 is 13.9 Å². The Kier molecular flexibility index (Phi) is 6.04. The van der Waals surface area contributed by atoms with Crippen molar-refractivity contribution in [3.05, 3.63) is 82.0 Å². The summed E-state index contributed by atoms with van der Waals surface area (Å²) in [6, 6.07) is 14.0. The fraction of sp³-hybridized carbons (Fsp3) is 0.346. The molecule has 0 spiro atoms. The van der Waals surface area contributed by atoms with Crippen molar-refractivity contribution in [3.63, 3.8) is 0 Å². The molecule has 8 heteroatoms. The van der Waals surface area contributed by atoms with Crippen LogP contribution in [0.25, 0.3) is 5.69 Å². The summed E-state index contributed by atoms with van der Waals surface area (Å²) in [7, 11) is 0. The van der Waals surface area contributed by atoms with Crippen LogP contribution in [-0.2, 0) is 17.6 Å². The van der Waals surface area contributed by atoms with Gasteiger partial charge < -0.3 is 14.5 Å². The van der Waals surface area contributed by atoms with E-state index in [2.05, 4.69) is 17.2 Å². The van der Waals surface area contributed by atoms with Gasteiger partial charge in [-0.3, -0.25) is 9.59 Å². The van der Waals surface area contributed by atoms with E-state index in [1.807, 2.05) is 28.9 Å². The highest BCUT2D eigenvalue weighted by atomic mass is 19.1. The second-order valence-electron chi connectivity index (χ2n) is 8.69. The van der Waals surface area contributed by atoms with Crippen LogP contribution in [-0.4, -0.2) is 52.9 Å². The molecule has 34 heavy (non-hydrogen) atoms. The number of piperazine rings is 1. The molecule has 0 radical (unpaired) electrons. The van der Waals surface area contributed by atoms with E-state index >= 15 is 0 Å². The Labute approximate surface area is 197 Å². The maximum absolute atomic E-state index is 13.9. The summed E-state index contributed by atoms with van der Waals surface area (Å²) in [5, 5.41) is 4.35. The van der Waals surface area contributed by atoms with E-state index in [9.17, 15) is 14.0 Å². The van der Waals surface area contributed by atoms with Crippen molar-refractivity contribution in [1.82, 2.24) is 14.7 Å². The number of hydrogen-bond acceptors (Lipinski definition) is 5. The van der Waals surface area contributed by atoms with Gasteiger partial charge in [-0.05, 0) is 29.3 Å². The minimum Gasteiger partial charge on any atom is -0.482 e. The Bertz CT molecular complexity index is 1240. The second-order valence-corrected chi connectivity index (χ2v) is 8.69. The van der Waals surface area contributed by atoms with Gasteiger partial charge >= 0.3 is 5.56 Å². The lowest BCUT2D eigenvalue weighted by atomic mass is 10.1. The molecule has 1 amide bonds. The van der Waals surface area contributed by atoms with Gasteiger partial charge in [0.15, 0.2) is 0 Å². The fourth-order valence-corrected chi connectivity index (χ4v) is 4.75. The maximum Gasteiger partial charge on any atom is 0.316 e. The highest BCUT2D eigenvalue weighted by molar-refractivity contribution is 5.76. The molecule has 2 aliphatic rings. The molecule has 0 unspecified atom stereocenters. The van der Waals surface area contributed by atoms with Gasteiger partial charge in [0.1, 0.15) is 17.6 Å². The fourth-order valence-electron chi connectivity index (χ4n) is 4.75. The third kappa shape index (κ3) is 4.27. The average molecular weight is 463 g/mol. The lowest BCUT2D eigenvalue weighted by molar-refractivity contribution is -0.131. The third-order valence-electron chi connectivity index (χ3n) is 6.54. The standard InChI is InChI=1S/C26H27FN4O3/c1-2-24(32)30-12-10-29(11-13-30)23-17-28-31(21-9-5-8-20(27)16-21)26(33)25(23)34-22-14-18-6-3-4-7-19(18)15-22/h3-9,16-17,22H,2,10-15H2,1H3. The number of aromatic nitrogens is 2. The Morgan fingerprint density at radius 3 is 2.41 bits per heavy atom. The summed E-state index contributed by atoms with van der Waals surface area (Å²) in [5.74, 6) is -0.104. The summed E-state index contributed by atoms with van der Waals surface area (Å²) >= 11 is 0. The molecule has 0 atom stereocenters. The molecule has 1 aliphatic heterocycles. The molecule has 1 saturated heterocycles. The number of anilines is 1. The second kappa shape index (κ2) is 9.29. The average Bonchev–Trinajstić information content (AvgIpc) is 3.27. The molecular weight excluding hydrogens is 435 g/mol. The molecule has 1 fully saturated rings. The molecule has 0 bridgehead atoms. The predicted molar refractivity (Wildman–Crippen MR) is 127 cm³/mol.